The molecule has 2 N–H and O–H groups in total. The Morgan fingerprint density at radius 3 is 2.19 bits per heavy atom. The van der Waals surface area contributed by atoms with Gasteiger partial charge in [-0.3, -0.25) is 0 Å². The van der Waals surface area contributed by atoms with Crippen LogP contribution in [0, 0.1) is 0 Å². The Kier molecular flexibility index (Phi) is 9.78. The fourth-order valence-electron chi connectivity index (χ4n) is 1.09. The summed E-state index contributed by atoms with van der Waals surface area (Å²) in [6.45, 7) is 1.30. The van der Waals surface area contributed by atoms with Gasteiger partial charge < -0.3 is 0 Å². The van der Waals surface area contributed by atoms with E-state index in [1.165, 1.54) is 14.2 Å². The van der Waals surface area contributed by atoms with Crippen molar-refractivity contribution in [2.24, 2.45) is 0 Å². The van der Waals surface area contributed by atoms with Crippen molar-refractivity contribution >= 4 is 0 Å². The van der Waals surface area contributed by atoms with Crippen LogP contribution in [-0.2, 0) is 34.3 Å². The maximum absolute atomic E-state index is 9.44. The van der Waals surface area contributed by atoms with E-state index in [4.69, 9.17) is 6.64 Å². The van der Waals surface area contributed by atoms with Crippen molar-refractivity contribution in [1.82, 2.24) is 0 Å². The molecule has 0 spiro atoms. The Morgan fingerprint density at radius 1 is 1.06 bits per heavy atom. The van der Waals surface area contributed by atoms with Gasteiger partial charge in [-0.05, 0) is 0 Å². The van der Waals surface area contributed by atoms with Crippen LogP contribution < -0.4 is 0 Å². The molecule has 0 saturated heterocycles. The van der Waals surface area contributed by atoms with Crippen molar-refractivity contribution < 1.29 is 41.6 Å². The molecule has 0 fully saturated rings. The fraction of sp³-hybridized carbons (Fsp3) is 1.00. The van der Waals surface area contributed by atoms with E-state index >= 15 is 0 Å². The van der Waals surface area contributed by atoms with Crippen molar-refractivity contribution in [3.8, 4) is 0 Å². The zero-order valence-electron chi connectivity index (χ0n) is 10.1. The second-order valence-electron chi connectivity index (χ2n) is 3.34. The molecule has 0 amide bonds. The molecule has 0 atom stereocenters. The second kappa shape index (κ2) is 9.50. The van der Waals surface area contributed by atoms with E-state index in [2.05, 4.69) is 16.4 Å². The van der Waals surface area contributed by atoms with E-state index in [1.54, 1.807) is 0 Å². The Balaban J connectivity index is 3.68. The van der Waals surface area contributed by atoms with Crippen LogP contribution in [0.3, 0.4) is 0 Å². The van der Waals surface area contributed by atoms with Crippen LogP contribution in [0.25, 0.3) is 0 Å². The third-order valence-corrected chi connectivity index (χ3v) is 3.61. The summed E-state index contributed by atoms with van der Waals surface area (Å²) >= 11 is -4.62. The zero-order valence-corrected chi connectivity index (χ0v) is 11.7. The van der Waals surface area contributed by atoms with Gasteiger partial charge in [0.25, 0.3) is 0 Å². The molecular weight excluding hydrogens is 252 g/mol. The first-order chi connectivity index (χ1) is 7.55. The molecule has 0 saturated carbocycles. The molecular formula is C9H22O6Ti. The molecule has 0 heterocycles. The van der Waals surface area contributed by atoms with Crippen molar-refractivity contribution in [2.45, 2.75) is 39.1 Å². The van der Waals surface area contributed by atoms with Crippen LogP contribution in [0.2, 0.25) is 0 Å². The molecule has 98 valence electrons. The topological polar surface area (TPSA) is 77.4 Å². The van der Waals surface area contributed by atoms with E-state index in [0.717, 1.165) is 25.7 Å². The zero-order chi connectivity index (χ0) is 12.4. The van der Waals surface area contributed by atoms with E-state index < -0.39 is 24.6 Å². The molecule has 0 radical (unpaired) electrons. The third-order valence-electron chi connectivity index (χ3n) is 1.92. The molecule has 6 nitrogen and oxygen atoms in total. The molecule has 0 bridgehead atoms. The van der Waals surface area contributed by atoms with Gasteiger partial charge in [-0.15, -0.1) is 0 Å². The molecule has 0 unspecified atom stereocenters. The Bertz CT molecular complexity index is 162. The summed E-state index contributed by atoms with van der Waals surface area (Å²) in [6.07, 6.45) is 4.03. The van der Waals surface area contributed by atoms with E-state index in [1.807, 2.05) is 0 Å². The Labute approximate surface area is 102 Å². The van der Waals surface area contributed by atoms with Gasteiger partial charge in [0.05, 0.1) is 0 Å². The number of rotatable bonds is 10. The number of hydrogen-bond donors (Lipinski definition) is 2. The molecule has 16 heavy (non-hydrogen) atoms. The van der Waals surface area contributed by atoms with Crippen molar-refractivity contribution in [3.05, 3.63) is 0 Å². The van der Waals surface area contributed by atoms with Crippen molar-refractivity contribution in [1.29, 1.82) is 0 Å². The average molecular weight is 274 g/mol. The van der Waals surface area contributed by atoms with Crippen LogP contribution in [0.1, 0.15) is 32.6 Å². The van der Waals surface area contributed by atoms with Gasteiger partial charge in [-0.1, -0.05) is 0 Å². The molecule has 0 aromatic carbocycles. The fourth-order valence-corrected chi connectivity index (χ4v) is 2.52. The summed E-state index contributed by atoms with van der Waals surface area (Å²) in [4.78, 5) is 0. The summed E-state index contributed by atoms with van der Waals surface area (Å²) in [7, 11) is 2.68. The first kappa shape index (κ1) is 16.5. The summed E-state index contributed by atoms with van der Waals surface area (Å²) in [5.41, 5.74) is 0. The first-order valence-electron chi connectivity index (χ1n) is 5.37. The van der Waals surface area contributed by atoms with Gasteiger partial charge in [0.1, 0.15) is 0 Å². The van der Waals surface area contributed by atoms with Gasteiger partial charge in [0.2, 0.25) is 0 Å². The number of hydrogen-bond acceptors (Lipinski definition) is 6. The van der Waals surface area contributed by atoms with Crippen LogP contribution in [0.5, 0.6) is 0 Å². The first-order valence-corrected chi connectivity index (χ1v) is 8.05. The van der Waals surface area contributed by atoms with Gasteiger partial charge in [0, 0.05) is 0 Å². The summed E-state index contributed by atoms with van der Waals surface area (Å²) in [5.74, 6) is 0. The van der Waals surface area contributed by atoms with E-state index in [-0.39, 0.29) is 6.61 Å². The predicted molar refractivity (Wildman–Crippen MR) is 53.4 cm³/mol. The van der Waals surface area contributed by atoms with E-state index in [9.17, 15) is 7.38 Å². The number of unbranched alkanes of at least 4 members (excludes halogenated alkanes) is 3. The van der Waals surface area contributed by atoms with Crippen molar-refractivity contribution in [2.75, 3.05) is 20.8 Å². The maximum atomic E-state index is 9.44. The Morgan fingerprint density at radius 2 is 1.69 bits per heavy atom. The number of ether oxygens (including phenoxy) is 2. The van der Waals surface area contributed by atoms with Crippen LogP contribution in [-0.4, -0.2) is 34.7 Å². The van der Waals surface area contributed by atoms with E-state index in [0.29, 0.717) is 0 Å². The summed E-state index contributed by atoms with van der Waals surface area (Å²) < 4.78 is 38.0. The summed E-state index contributed by atoms with van der Waals surface area (Å²) in [5, 5.41) is 0. The SMILES string of the molecule is CCCCCC[O][Ti]([OH])([OH])[O]C(OC)OC. The number of methoxy groups -OCH3 is 2. The molecule has 0 aliphatic heterocycles. The molecule has 0 aliphatic rings. The molecule has 0 aromatic rings. The molecule has 7 heteroatoms. The van der Waals surface area contributed by atoms with Gasteiger partial charge in [-0.25, -0.2) is 0 Å². The average Bonchev–Trinajstić information content (AvgIpc) is 2.25. The Hall–Kier alpha value is 0.474. The normalized spacial score (nSPS) is 12.4. The minimum absolute atomic E-state index is 0.285. The standard InChI is InChI=1S/C6H13O.C3H7O3.2H2O.Ti/c1-2-3-4-5-6-7;1-5-3(4)6-2;;;/h2-6H2,1H3;3H,1-2H3;2*1H2;/q2*-1;;;+4/p-2. The third kappa shape index (κ3) is 8.61. The van der Waals surface area contributed by atoms with Gasteiger partial charge in [-0.2, -0.15) is 0 Å². The second-order valence-corrected chi connectivity index (χ2v) is 5.87. The summed E-state index contributed by atoms with van der Waals surface area (Å²) in [6, 6.07) is 0. The van der Waals surface area contributed by atoms with Gasteiger partial charge >= 0.3 is 102 Å². The predicted octanol–water partition coefficient (Wildman–Crippen LogP) is 0.975. The minimum atomic E-state index is -4.62. The quantitative estimate of drug-likeness (QED) is 0.351. The van der Waals surface area contributed by atoms with Crippen LogP contribution >= 0.6 is 0 Å². The van der Waals surface area contributed by atoms with Crippen LogP contribution in [0.4, 0.5) is 0 Å². The van der Waals surface area contributed by atoms with Crippen LogP contribution in [0.15, 0.2) is 0 Å². The molecule has 0 aliphatic carbocycles. The van der Waals surface area contributed by atoms with Gasteiger partial charge in [0.15, 0.2) is 0 Å². The monoisotopic (exact) mass is 274 g/mol. The molecule has 0 aromatic heterocycles. The molecule has 0 rings (SSSR count). The van der Waals surface area contributed by atoms with Crippen molar-refractivity contribution in [3.63, 3.8) is 0 Å².